The Morgan fingerprint density at radius 2 is 2.04 bits per heavy atom. The summed E-state index contributed by atoms with van der Waals surface area (Å²) in [6.07, 6.45) is 3.29. The van der Waals surface area contributed by atoms with Gasteiger partial charge >= 0.3 is 0 Å². The van der Waals surface area contributed by atoms with Crippen molar-refractivity contribution in [3.05, 3.63) is 62.5 Å². The van der Waals surface area contributed by atoms with Gasteiger partial charge in [0.05, 0.1) is 5.39 Å². The lowest BCUT2D eigenvalue weighted by molar-refractivity contribution is -0.718. The van der Waals surface area contributed by atoms with Crippen molar-refractivity contribution in [2.45, 2.75) is 45.7 Å². The number of nitrogens with zero attached hydrogens (tertiary/aromatic N) is 1. The minimum absolute atomic E-state index is 0.0357. The molecule has 4 rings (SSSR count). The third-order valence-electron chi connectivity index (χ3n) is 5.09. The third kappa shape index (κ3) is 3.14. The molecule has 3 aromatic rings. The molecule has 25 heavy (non-hydrogen) atoms. The predicted octanol–water partition coefficient (Wildman–Crippen LogP) is 2.93. The summed E-state index contributed by atoms with van der Waals surface area (Å²) in [6, 6.07) is 10.9. The molecule has 3 N–H and O–H groups in total. The minimum atomic E-state index is 0.0357. The Bertz CT molecular complexity index is 943. The summed E-state index contributed by atoms with van der Waals surface area (Å²) in [6.45, 7) is 5.15. The predicted molar refractivity (Wildman–Crippen MR) is 102 cm³/mol. The first-order valence-electron chi connectivity index (χ1n) is 9.05. The maximum atomic E-state index is 12.6. The maximum absolute atomic E-state index is 12.6. The molecule has 0 aliphatic heterocycles. The zero-order chi connectivity index (χ0) is 17.4. The van der Waals surface area contributed by atoms with Crippen LogP contribution in [-0.2, 0) is 19.4 Å². The van der Waals surface area contributed by atoms with Crippen molar-refractivity contribution in [2.24, 2.45) is 5.92 Å². The first kappa shape index (κ1) is 16.5. The van der Waals surface area contributed by atoms with Crippen LogP contribution in [0.25, 0.3) is 10.2 Å². The number of nitrogens with two attached hydrogens (primary N) is 1. The minimum Gasteiger partial charge on any atom is -0.334 e. The summed E-state index contributed by atoms with van der Waals surface area (Å²) in [5, 5.41) is 3.12. The second kappa shape index (κ2) is 6.73. The van der Waals surface area contributed by atoms with Crippen LogP contribution in [0.15, 0.2) is 35.1 Å². The molecular formula is C20H24N3OS+. The van der Waals surface area contributed by atoms with Crippen LogP contribution < -0.4 is 10.9 Å². The number of hydrogen-bond donors (Lipinski definition) is 2. The summed E-state index contributed by atoms with van der Waals surface area (Å²) in [5.74, 6) is 1.28. The molecule has 0 fully saturated rings. The Morgan fingerprint density at radius 1 is 1.24 bits per heavy atom. The summed E-state index contributed by atoms with van der Waals surface area (Å²) in [4.78, 5) is 22.6. The molecule has 0 saturated heterocycles. The van der Waals surface area contributed by atoms with E-state index in [9.17, 15) is 4.79 Å². The molecule has 1 aliphatic rings. The van der Waals surface area contributed by atoms with Gasteiger partial charge in [-0.3, -0.25) is 4.79 Å². The van der Waals surface area contributed by atoms with Crippen LogP contribution in [0.5, 0.6) is 0 Å². The lowest BCUT2D eigenvalue weighted by Crippen LogP contribution is -2.85. The van der Waals surface area contributed by atoms with Crippen LogP contribution >= 0.6 is 11.3 Å². The Labute approximate surface area is 151 Å². The fourth-order valence-corrected chi connectivity index (χ4v) is 5.13. The van der Waals surface area contributed by atoms with E-state index in [-0.39, 0.29) is 5.56 Å². The number of nitrogens with one attached hydrogen (secondary N) is 1. The number of H-pyrrole nitrogens is 1. The highest BCUT2D eigenvalue weighted by molar-refractivity contribution is 7.18. The van der Waals surface area contributed by atoms with E-state index in [2.05, 4.69) is 48.4 Å². The van der Waals surface area contributed by atoms with Crippen molar-refractivity contribution >= 4 is 21.6 Å². The molecule has 0 unspecified atom stereocenters. The van der Waals surface area contributed by atoms with E-state index in [4.69, 9.17) is 4.98 Å². The van der Waals surface area contributed by atoms with Crippen LogP contribution in [0.4, 0.5) is 0 Å². The van der Waals surface area contributed by atoms with Gasteiger partial charge in [-0.25, -0.2) is 4.98 Å². The average Bonchev–Trinajstić information content (AvgIpc) is 3.16. The fraction of sp³-hybridized carbons (Fsp3) is 0.400. The van der Waals surface area contributed by atoms with E-state index in [1.807, 2.05) is 6.07 Å². The number of hydrogen-bond acceptors (Lipinski definition) is 3. The van der Waals surface area contributed by atoms with Crippen molar-refractivity contribution in [2.75, 3.05) is 0 Å². The van der Waals surface area contributed by atoms with E-state index >= 15 is 0 Å². The Balaban J connectivity index is 1.59. The molecule has 0 radical (unpaired) electrons. The van der Waals surface area contributed by atoms with Crippen molar-refractivity contribution in [1.82, 2.24) is 9.97 Å². The first-order valence-corrected chi connectivity index (χ1v) is 9.87. The second-order valence-corrected chi connectivity index (χ2v) is 8.25. The normalized spacial score (nSPS) is 15.0. The highest BCUT2D eigenvalue weighted by Crippen LogP contribution is 2.34. The van der Waals surface area contributed by atoms with Gasteiger partial charge < -0.3 is 10.3 Å². The van der Waals surface area contributed by atoms with Crippen molar-refractivity contribution in [1.29, 1.82) is 0 Å². The highest BCUT2D eigenvalue weighted by atomic mass is 32.1. The summed E-state index contributed by atoms with van der Waals surface area (Å²) >= 11 is 1.71. The Hall–Kier alpha value is -1.98. The van der Waals surface area contributed by atoms with Crippen molar-refractivity contribution in [3.8, 4) is 0 Å². The zero-order valence-corrected chi connectivity index (χ0v) is 15.5. The molecule has 0 bridgehead atoms. The third-order valence-corrected chi connectivity index (χ3v) is 6.28. The fourth-order valence-electron chi connectivity index (χ4n) is 3.85. The smallest absolute Gasteiger partial charge is 0.260 e. The number of aromatic nitrogens is 2. The van der Waals surface area contributed by atoms with Gasteiger partial charge in [-0.15, -0.1) is 11.3 Å². The van der Waals surface area contributed by atoms with Crippen LogP contribution in [0, 0.1) is 5.92 Å². The quantitative estimate of drug-likeness (QED) is 0.740. The van der Waals surface area contributed by atoms with Crippen LogP contribution in [0.2, 0.25) is 0 Å². The van der Waals surface area contributed by atoms with Gasteiger partial charge in [0.25, 0.3) is 5.56 Å². The van der Waals surface area contributed by atoms with E-state index in [1.165, 1.54) is 22.4 Å². The lowest BCUT2D eigenvalue weighted by Gasteiger charge is -2.19. The lowest BCUT2D eigenvalue weighted by atomic mass is 9.96. The van der Waals surface area contributed by atoms with Crippen LogP contribution in [0.1, 0.15) is 48.1 Å². The summed E-state index contributed by atoms with van der Waals surface area (Å²) in [7, 11) is 0. The summed E-state index contributed by atoms with van der Waals surface area (Å²) in [5.41, 5.74) is 2.60. The molecule has 2 heterocycles. The number of aromatic amines is 1. The highest BCUT2D eigenvalue weighted by Gasteiger charge is 2.22. The van der Waals surface area contributed by atoms with Gasteiger partial charge in [-0.05, 0) is 24.8 Å². The molecule has 0 spiro atoms. The molecule has 130 valence electrons. The Kier molecular flexibility index (Phi) is 4.44. The number of quaternary nitrogens is 1. The number of thiophene rings is 1. The topological polar surface area (TPSA) is 62.4 Å². The molecule has 5 heteroatoms. The molecule has 4 nitrogen and oxygen atoms in total. The number of rotatable bonds is 5. The molecule has 1 aliphatic carbocycles. The van der Waals surface area contributed by atoms with E-state index in [0.717, 1.165) is 28.9 Å². The number of benzene rings is 1. The molecule has 2 aromatic heterocycles. The monoisotopic (exact) mass is 354 g/mol. The molecular weight excluding hydrogens is 330 g/mol. The number of aryl methyl sites for hydroxylation is 2. The van der Waals surface area contributed by atoms with E-state index in [0.29, 0.717) is 18.5 Å². The SMILES string of the molecule is CC(C)[C@@H]([NH2+]Cc1nc2sc3c(c2c(=O)[nH]1)CCC3)c1ccccc1. The standard InChI is InChI=1S/C20H23N3OS/c1-12(2)18(13-7-4-3-5-8-13)21-11-16-22-19(24)17-14-9-6-10-15(14)25-20(17)23-16/h3-5,7-8,12,18,21H,6,9-11H2,1-2H3,(H,22,23,24)/p+1/t18-/m1/s1. The molecule has 0 amide bonds. The van der Waals surface area contributed by atoms with E-state index in [1.54, 1.807) is 11.3 Å². The Morgan fingerprint density at radius 3 is 2.80 bits per heavy atom. The second-order valence-electron chi connectivity index (χ2n) is 7.17. The maximum Gasteiger partial charge on any atom is 0.260 e. The zero-order valence-electron chi connectivity index (χ0n) is 14.7. The van der Waals surface area contributed by atoms with Gasteiger partial charge in [0.15, 0.2) is 5.82 Å². The molecule has 1 aromatic carbocycles. The largest absolute Gasteiger partial charge is 0.334 e. The van der Waals surface area contributed by atoms with Gasteiger partial charge in [-0.1, -0.05) is 44.2 Å². The van der Waals surface area contributed by atoms with E-state index < -0.39 is 0 Å². The number of fused-ring (bicyclic) bond motifs is 3. The molecule has 0 saturated carbocycles. The van der Waals surface area contributed by atoms with Gasteiger partial charge in [0.1, 0.15) is 17.4 Å². The first-order chi connectivity index (χ1) is 12.1. The average molecular weight is 354 g/mol. The van der Waals surface area contributed by atoms with Gasteiger partial charge in [0, 0.05) is 16.4 Å². The van der Waals surface area contributed by atoms with Gasteiger partial charge in [-0.2, -0.15) is 0 Å². The summed E-state index contributed by atoms with van der Waals surface area (Å²) < 4.78 is 0. The van der Waals surface area contributed by atoms with Crippen molar-refractivity contribution < 1.29 is 5.32 Å². The molecule has 1 atom stereocenters. The van der Waals surface area contributed by atoms with Crippen molar-refractivity contribution in [3.63, 3.8) is 0 Å². The van der Waals surface area contributed by atoms with Gasteiger partial charge in [0.2, 0.25) is 0 Å². The van der Waals surface area contributed by atoms with Crippen LogP contribution in [-0.4, -0.2) is 9.97 Å². The van der Waals surface area contributed by atoms with Crippen LogP contribution in [0.3, 0.4) is 0 Å².